The minimum atomic E-state index is -1.10. The Morgan fingerprint density at radius 1 is 1.04 bits per heavy atom. The van der Waals surface area contributed by atoms with E-state index in [4.69, 9.17) is 14.7 Å². The summed E-state index contributed by atoms with van der Waals surface area (Å²) in [5, 5.41) is 18.5. The summed E-state index contributed by atoms with van der Waals surface area (Å²) in [5.41, 5.74) is 0.0977. The minimum absolute atomic E-state index is 0.0205. The molecule has 0 aliphatic carbocycles. The molecule has 5 aromatic rings. The van der Waals surface area contributed by atoms with Gasteiger partial charge in [0.2, 0.25) is 5.88 Å². The summed E-state index contributed by atoms with van der Waals surface area (Å²) < 4.78 is 72.8. The fraction of sp³-hybridized carbons (Fsp3) is 0.235. The van der Waals surface area contributed by atoms with Crippen LogP contribution in [0.2, 0.25) is 0 Å². The first-order valence-electron chi connectivity index (χ1n) is 14.2. The van der Waals surface area contributed by atoms with Crippen molar-refractivity contribution in [2.24, 2.45) is 5.41 Å². The van der Waals surface area contributed by atoms with Crippen molar-refractivity contribution in [1.82, 2.24) is 14.5 Å². The van der Waals surface area contributed by atoms with Crippen LogP contribution < -0.4 is 4.74 Å². The third-order valence-corrected chi connectivity index (χ3v) is 8.09. The number of carboxylic acid groups (broad SMARTS) is 1. The molecule has 0 radical (unpaired) electrons. The number of fused-ring (bicyclic) bond motifs is 1. The average molecular weight is 631 g/mol. The number of rotatable bonds is 8. The van der Waals surface area contributed by atoms with Crippen LogP contribution in [-0.2, 0) is 17.8 Å². The molecule has 1 fully saturated rings. The van der Waals surface area contributed by atoms with Gasteiger partial charge in [-0.3, -0.25) is 0 Å². The van der Waals surface area contributed by atoms with Gasteiger partial charge in [0.15, 0.2) is 0 Å². The van der Waals surface area contributed by atoms with Gasteiger partial charge in [0.1, 0.15) is 35.7 Å². The summed E-state index contributed by atoms with van der Waals surface area (Å²) in [6.45, 7) is 4.28. The Labute approximate surface area is 260 Å². The molecule has 0 spiro atoms. The van der Waals surface area contributed by atoms with Crippen LogP contribution in [0, 0.1) is 40.0 Å². The zero-order valence-electron chi connectivity index (χ0n) is 24.7. The van der Waals surface area contributed by atoms with Crippen LogP contribution in [0.4, 0.5) is 17.6 Å². The lowest BCUT2D eigenvalue weighted by Crippen LogP contribution is -2.27. The quantitative estimate of drug-likeness (QED) is 0.184. The highest BCUT2D eigenvalue weighted by Crippen LogP contribution is 2.40. The number of benzene rings is 3. The van der Waals surface area contributed by atoms with Gasteiger partial charge in [-0.2, -0.15) is 5.26 Å². The van der Waals surface area contributed by atoms with E-state index in [0.29, 0.717) is 30.1 Å². The topological polar surface area (TPSA) is 110 Å². The van der Waals surface area contributed by atoms with Gasteiger partial charge >= 0.3 is 5.97 Å². The standard InChI is InChI=1S/C34H26F4N4O4/c1-34(2)17-45-16-30(34)42-29-11-19(33(43)44)6-7-28(29)40-31(42)12-20-10-26(38)21(13-23(20)35)27-4-3-5-32(41-27)46-15-22-24(36)8-18(14-39)9-25(22)37/h3-11,13,30H,12,15-17H2,1-2H3,(H,43,44)/t30-/m1/s1. The van der Waals surface area contributed by atoms with Crippen LogP contribution >= 0.6 is 0 Å². The lowest BCUT2D eigenvalue weighted by Gasteiger charge is -2.28. The van der Waals surface area contributed by atoms with Gasteiger partial charge in [0.05, 0.1) is 58.7 Å². The SMILES string of the molecule is CC1(C)COC[C@H]1n1c(Cc2cc(F)c(-c3cccc(OCc4c(F)cc(C#N)cc4F)n3)cc2F)nc2ccc(C(=O)O)cc21. The molecule has 6 rings (SSSR count). The predicted octanol–water partition coefficient (Wildman–Crippen LogP) is 6.99. The number of carbonyl (C=O) groups is 1. The summed E-state index contributed by atoms with van der Waals surface area (Å²) in [6, 6.07) is 14.1. The summed E-state index contributed by atoms with van der Waals surface area (Å²) in [6.07, 6.45) is -0.0923. The van der Waals surface area contributed by atoms with Gasteiger partial charge in [-0.1, -0.05) is 19.9 Å². The van der Waals surface area contributed by atoms with Gasteiger partial charge < -0.3 is 19.1 Å². The number of halogens is 4. The van der Waals surface area contributed by atoms with Gasteiger partial charge in [-0.05, 0) is 54.1 Å². The Hall–Kier alpha value is -5.28. The number of hydrogen-bond donors (Lipinski definition) is 1. The first-order valence-corrected chi connectivity index (χ1v) is 14.2. The molecule has 8 nitrogen and oxygen atoms in total. The van der Waals surface area contributed by atoms with Crippen molar-refractivity contribution in [2.75, 3.05) is 13.2 Å². The van der Waals surface area contributed by atoms with Crippen molar-refractivity contribution in [1.29, 1.82) is 5.26 Å². The van der Waals surface area contributed by atoms with Crippen LogP contribution in [0.5, 0.6) is 5.88 Å². The lowest BCUT2D eigenvalue weighted by atomic mass is 9.87. The maximum atomic E-state index is 15.6. The van der Waals surface area contributed by atoms with Gasteiger partial charge in [-0.15, -0.1) is 0 Å². The molecule has 1 aliphatic heterocycles. The highest BCUT2D eigenvalue weighted by molar-refractivity contribution is 5.92. The van der Waals surface area contributed by atoms with Gasteiger partial charge in [0.25, 0.3) is 0 Å². The Morgan fingerprint density at radius 3 is 2.48 bits per heavy atom. The molecule has 234 valence electrons. The van der Waals surface area contributed by atoms with E-state index in [0.717, 1.165) is 24.3 Å². The Kier molecular flexibility index (Phi) is 7.96. The number of nitrogens with zero attached hydrogens (tertiary/aromatic N) is 4. The van der Waals surface area contributed by atoms with E-state index < -0.39 is 41.4 Å². The Morgan fingerprint density at radius 2 is 1.80 bits per heavy atom. The lowest BCUT2D eigenvalue weighted by molar-refractivity contribution is 0.0697. The molecule has 12 heteroatoms. The molecular weight excluding hydrogens is 604 g/mol. The number of aromatic carboxylic acids is 1. The fourth-order valence-corrected chi connectivity index (χ4v) is 5.61. The Balaban J connectivity index is 1.30. The van der Waals surface area contributed by atoms with Crippen molar-refractivity contribution in [3.8, 4) is 23.2 Å². The number of ether oxygens (including phenoxy) is 2. The number of imidazole rings is 1. The van der Waals surface area contributed by atoms with Crippen LogP contribution in [-0.4, -0.2) is 38.8 Å². The van der Waals surface area contributed by atoms with E-state index >= 15 is 8.78 Å². The Bertz CT molecular complexity index is 2030. The summed E-state index contributed by atoms with van der Waals surface area (Å²) in [7, 11) is 0. The van der Waals surface area contributed by atoms with E-state index in [1.807, 2.05) is 18.4 Å². The normalized spacial score (nSPS) is 15.6. The number of nitriles is 1. The van der Waals surface area contributed by atoms with Crippen molar-refractivity contribution in [3.63, 3.8) is 0 Å². The molecule has 2 aromatic heterocycles. The fourth-order valence-electron chi connectivity index (χ4n) is 5.61. The predicted molar refractivity (Wildman–Crippen MR) is 158 cm³/mol. The maximum absolute atomic E-state index is 15.6. The van der Waals surface area contributed by atoms with Crippen LogP contribution in [0.25, 0.3) is 22.3 Å². The monoisotopic (exact) mass is 630 g/mol. The van der Waals surface area contributed by atoms with Gasteiger partial charge in [-0.25, -0.2) is 32.3 Å². The zero-order valence-corrected chi connectivity index (χ0v) is 24.7. The maximum Gasteiger partial charge on any atom is 0.335 e. The molecule has 0 amide bonds. The number of carboxylic acids is 1. The minimum Gasteiger partial charge on any atom is -0.478 e. The average Bonchev–Trinajstić information content (AvgIpc) is 3.55. The van der Waals surface area contributed by atoms with Crippen LogP contribution in [0.1, 0.15) is 52.8 Å². The first-order chi connectivity index (χ1) is 21.9. The summed E-state index contributed by atoms with van der Waals surface area (Å²) in [4.78, 5) is 20.6. The van der Waals surface area contributed by atoms with E-state index in [-0.39, 0.29) is 51.7 Å². The van der Waals surface area contributed by atoms with Gasteiger partial charge in [0, 0.05) is 23.5 Å². The molecule has 1 atom stereocenters. The number of aromatic nitrogens is 3. The third kappa shape index (κ3) is 5.77. The van der Waals surface area contributed by atoms with Crippen LogP contribution in [0.15, 0.2) is 60.7 Å². The molecule has 3 heterocycles. The zero-order chi connectivity index (χ0) is 32.7. The summed E-state index contributed by atoms with van der Waals surface area (Å²) in [5.74, 6) is -4.18. The molecular formula is C34H26F4N4O4. The molecule has 1 N–H and O–H groups in total. The van der Waals surface area contributed by atoms with E-state index in [9.17, 15) is 18.7 Å². The molecule has 0 unspecified atom stereocenters. The second-order valence-electron chi connectivity index (χ2n) is 11.7. The number of hydrogen-bond acceptors (Lipinski definition) is 6. The van der Waals surface area contributed by atoms with E-state index in [1.165, 1.54) is 30.3 Å². The number of pyridine rings is 1. The third-order valence-electron chi connectivity index (χ3n) is 8.09. The summed E-state index contributed by atoms with van der Waals surface area (Å²) >= 11 is 0. The second kappa shape index (κ2) is 11.9. The van der Waals surface area contributed by atoms with Crippen LogP contribution in [0.3, 0.4) is 0 Å². The molecule has 1 aliphatic rings. The highest BCUT2D eigenvalue weighted by atomic mass is 19.1. The molecule has 3 aromatic carbocycles. The largest absolute Gasteiger partial charge is 0.478 e. The first kappa shape index (κ1) is 30.7. The molecule has 46 heavy (non-hydrogen) atoms. The highest BCUT2D eigenvalue weighted by Gasteiger charge is 2.39. The van der Waals surface area contributed by atoms with Crippen molar-refractivity contribution in [3.05, 3.63) is 112 Å². The smallest absolute Gasteiger partial charge is 0.335 e. The second-order valence-corrected chi connectivity index (χ2v) is 11.7. The van der Waals surface area contributed by atoms with E-state index in [2.05, 4.69) is 9.97 Å². The van der Waals surface area contributed by atoms with E-state index in [1.54, 1.807) is 12.1 Å². The van der Waals surface area contributed by atoms with Crippen molar-refractivity contribution in [2.45, 2.75) is 32.9 Å². The molecule has 1 saturated heterocycles. The molecule has 0 saturated carbocycles. The molecule has 0 bridgehead atoms. The van der Waals surface area contributed by atoms with Crippen molar-refractivity contribution >= 4 is 17.0 Å². The van der Waals surface area contributed by atoms with Crippen molar-refractivity contribution < 1.29 is 36.9 Å².